The van der Waals surface area contributed by atoms with Gasteiger partial charge in [-0.3, -0.25) is 10.1 Å². The third-order valence-corrected chi connectivity index (χ3v) is 3.70. The summed E-state index contributed by atoms with van der Waals surface area (Å²) in [6.45, 7) is 1.74. The molecule has 0 aliphatic carbocycles. The third kappa shape index (κ3) is 2.16. The van der Waals surface area contributed by atoms with Crippen molar-refractivity contribution < 1.29 is 4.92 Å². The number of benzene rings is 1. The summed E-state index contributed by atoms with van der Waals surface area (Å²) in [5.41, 5.74) is 0.798. The molecule has 0 radical (unpaired) electrons. The number of hydrogen-bond acceptors (Lipinski definition) is 6. The highest BCUT2D eigenvalue weighted by Gasteiger charge is 2.24. The van der Waals surface area contributed by atoms with Crippen molar-refractivity contribution in [3.8, 4) is 0 Å². The molecule has 2 aromatic rings. The molecule has 1 aliphatic heterocycles. The average molecular weight is 273 g/mol. The first kappa shape index (κ1) is 12.7. The number of nitro groups is 1. The Hall–Kier alpha value is -2.28. The van der Waals surface area contributed by atoms with E-state index in [1.165, 1.54) is 12.4 Å². The lowest BCUT2D eigenvalue weighted by molar-refractivity contribution is -0.384. The van der Waals surface area contributed by atoms with Crippen LogP contribution in [0.4, 0.5) is 11.5 Å². The zero-order chi connectivity index (χ0) is 14.1. The molecule has 1 aromatic carbocycles. The number of non-ortho nitro benzene ring substituents is 1. The molecule has 0 saturated carbocycles. The predicted molar refractivity (Wildman–Crippen MR) is 75.9 cm³/mol. The Morgan fingerprint density at radius 3 is 3.00 bits per heavy atom. The van der Waals surface area contributed by atoms with E-state index in [0.29, 0.717) is 6.04 Å². The van der Waals surface area contributed by atoms with Gasteiger partial charge in [0.2, 0.25) is 0 Å². The fourth-order valence-electron chi connectivity index (χ4n) is 2.58. The smallest absolute Gasteiger partial charge is 0.270 e. The zero-order valence-corrected chi connectivity index (χ0v) is 11.1. The van der Waals surface area contributed by atoms with Crippen molar-refractivity contribution in [2.45, 2.75) is 12.5 Å². The van der Waals surface area contributed by atoms with Crippen LogP contribution in [0.2, 0.25) is 0 Å². The minimum Gasteiger partial charge on any atom is -0.354 e. The van der Waals surface area contributed by atoms with Gasteiger partial charge in [-0.05, 0) is 19.5 Å². The van der Waals surface area contributed by atoms with Gasteiger partial charge in [0.1, 0.15) is 12.1 Å². The SMILES string of the molecule is CNC1CCN(c2ncnc3ccc([N+](=O)[O-])cc23)C1. The van der Waals surface area contributed by atoms with Gasteiger partial charge in [-0.2, -0.15) is 0 Å². The molecular formula is C13H15N5O2. The lowest BCUT2D eigenvalue weighted by Gasteiger charge is -2.18. The number of likely N-dealkylation sites (N-methyl/N-ethyl adjacent to an activating group) is 1. The van der Waals surface area contributed by atoms with E-state index in [2.05, 4.69) is 20.2 Å². The highest BCUT2D eigenvalue weighted by Crippen LogP contribution is 2.28. The molecule has 0 spiro atoms. The van der Waals surface area contributed by atoms with Gasteiger partial charge in [0, 0.05) is 36.7 Å². The van der Waals surface area contributed by atoms with Crippen molar-refractivity contribution in [2.75, 3.05) is 25.0 Å². The number of nitrogens with zero attached hydrogens (tertiary/aromatic N) is 4. The maximum atomic E-state index is 10.9. The highest BCUT2D eigenvalue weighted by atomic mass is 16.6. The van der Waals surface area contributed by atoms with Gasteiger partial charge in [-0.15, -0.1) is 0 Å². The van der Waals surface area contributed by atoms with Gasteiger partial charge >= 0.3 is 0 Å². The van der Waals surface area contributed by atoms with E-state index in [4.69, 9.17) is 0 Å². The fourth-order valence-corrected chi connectivity index (χ4v) is 2.58. The molecule has 0 amide bonds. The Kier molecular flexibility index (Phi) is 3.19. The van der Waals surface area contributed by atoms with Crippen molar-refractivity contribution >= 4 is 22.4 Å². The van der Waals surface area contributed by atoms with Gasteiger partial charge in [0.05, 0.1) is 10.4 Å². The molecular weight excluding hydrogens is 258 g/mol. The van der Waals surface area contributed by atoms with E-state index in [0.717, 1.165) is 36.2 Å². The molecule has 7 nitrogen and oxygen atoms in total. The Bertz CT molecular complexity index is 660. The summed E-state index contributed by atoms with van der Waals surface area (Å²) in [5, 5.41) is 14.9. The number of nitrogens with one attached hydrogen (secondary N) is 1. The zero-order valence-electron chi connectivity index (χ0n) is 11.1. The van der Waals surface area contributed by atoms with Crippen molar-refractivity contribution in [1.29, 1.82) is 0 Å². The monoisotopic (exact) mass is 273 g/mol. The molecule has 7 heteroatoms. The topological polar surface area (TPSA) is 84.2 Å². The van der Waals surface area contributed by atoms with Crippen molar-refractivity contribution in [3.63, 3.8) is 0 Å². The van der Waals surface area contributed by atoms with Gasteiger partial charge < -0.3 is 10.2 Å². The molecule has 1 atom stereocenters. The predicted octanol–water partition coefficient (Wildman–Crippen LogP) is 1.34. The van der Waals surface area contributed by atoms with E-state index in [-0.39, 0.29) is 5.69 Å². The van der Waals surface area contributed by atoms with E-state index in [1.807, 2.05) is 7.05 Å². The molecule has 1 saturated heterocycles. The van der Waals surface area contributed by atoms with Crippen LogP contribution in [0.1, 0.15) is 6.42 Å². The van der Waals surface area contributed by atoms with E-state index in [1.54, 1.807) is 12.1 Å². The van der Waals surface area contributed by atoms with Crippen LogP contribution in [0.25, 0.3) is 10.9 Å². The Morgan fingerprint density at radius 2 is 2.30 bits per heavy atom. The van der Waals surface area contributed by atoms with E-state index < -0.39 is 4.92 Å². The van der Waals surface area contributed by atoms with Gasteiger partial charge in [0.15, 0.2) is 0 Å². The van der Waals surface area contributed by atoms with Gasteiger partial charge in [-0.1, -0.05) is 0 Å². The lowest BCUT2D eigenvalue weighted by atomic mass is 10.2. The minimum atomic E-state index is -0.392. The first-order chi connectivity index (χ1) is 9.69. The van der Waals surface area contributed by atoms with Gasteiger partial charge in [0.25, 0.3) is 5.69 Å². The molecule has 20 heavy (non-hydrogen) atoms. The standard InChI is InChI=1S/C13H15N5O2/c1-14-9-4-5-17(7-9)13-11-6-10(18(19)20)2-3-12(11)15-8-16-13/h2-3,6,8-9,14H,4-5,7H2,1H3. The molecule has 1 unspecified atom stereocenters. The van der Waals surface area contributed by atoms with Crippen molar-refractivity contribution in [1.82, 2.24) is 15.3 Å². The van der Waals surface area contributed by atoms with E-state index >= 15 is 0 Å². The van der Waals surface area contributed by atoms with Crippen LogP contribution >= 0.6 is 0 Å². The second kappa shape index (κ2) is 5.01. The number of aromatic nitrogens is 2. The lowest BCUT2D eigenvalue weighted by Crippen LogP contribution is -2.30. The largest absolute Gasteiger partial charge is 0.354 e. The summed E-state index contributed by atoms with van der Waals surface area (Å²) >= 11 is 0. The number of nitro benzene ring substituents is 1. The van der Waals surface area contributed by atoms with Crippen LogP contribution in [0, 0.1) is 10.1 Å². The second-order valence-electron chi connectivity index (χ2n) is 4.88. The molecule has 0 bridgehead atoms. The molecule has 2 heterocycles. The average Bonchev–Trinajstić information content (AvgIpc) is 2.94. The summed E-state index contributed by atoms with van der Waals surface area (Å²) in [7, 11) is 1.94. The fraction of sp³-hybridized carbons (Fsp3) is 0.385. The molecule has 3 rings (SSSR count). The first-order valence-corrected chi connectivity index (χ1v) is 6.50. The van der Waals surface area contributed by atoms with Crippen LogP contribution in [0.5, 0.6) is 0 Å². The summed E-state index contributed by atoms with van der Waals surface area (Å²) < 4.78 is 0. The van der Waals surface area contributed by atoms with Crippen molar-refractivity contribution in [2.24, 2.45) is 0 Å². The summed E-state index contributed by atoms with van der Waals surface area (Å²) in [4.78, 5) is 21.2. The summed E-state index contributed by atoms with van der Waals surface area (Å²) in [6, 6.07) is 5.12. The van der Waals surface area contributed by atoms with E-state index in [9.17, 15) is 10.1 Å². The molecule has 1 fully saturated rings. The number of anilines is 1. The quantitative estimate of drug-likeness (QED) is 0.671. The Labute approximate surface area is 115 Å². The van der Waals surface area contributed by atoms with Gasteiger partial charge in [-0.25, -0.2) is 9.97 Å². The number of fused-ring (bicyclic) bond motifs is 1. The molecule has 1 aliphatic rings. The maximum absolute atomic E-state index is 10.9. The highest BCUT2D eigenvalue weighted by molar-refractivity contribution is 5.91. The van der Waals surface area contributed by atoms with Crippen molar-refractivity contribution in [3.05, 3.63) is 34.6 Å². The van der Waals surface area contributed by atoms with Crippen LogP contribution in [-0.4, -0.2) is 41.1 Å². The van der Waals surface area contributed by atoms with Crippen LogP contribution < -0.4 is 10.2 Å². The number of hydrogen-bond donors (Lipinski definition) is 1. The molecule has 1 N–H and O–H groups in total. The van der Waals surface area contributed by atoms with Crippen LogP contribution in [0.3, 0.4) is 0 Å². The normalized spacial score (nSPS) is 18.6. The Morgan fingerprint density at radius 1 is 1.45 bits per heavy atom. The minimum absolute atomic E-state index is 0.0675. The maximum Gasteiger partial charge on any atom is 0.270 e. The third-order valence-electron chi connectivity index (χ3n) is 3.70. The summed E-state index contributed by atoms with van der Waals surface area (Å²) in [5.74, 6) is 0.774. The molecule has 104 valence electrons. The van der Waals surface area contributed by atoms with Crippen LogP contribution in [0.15, 0.2) is 24.5 Å². The number of rotatable bonds is 3. The second-order valence-corrected chi connectivity index (χ2v) is 4.88. The Balaban J connectivity index is 2.06. The molecule has 1 aromatic heterocycles. The first-order valence-electron chi connectivity index (χ1n) is 6.50. The summed E-state index contributed by atoms with van der Waals surface area (Å²) in [6.07, 6.45) is 2.55. The van der Waals surface area contributed by atoms with Crippen LogP contribution in [-0.2, 0) is 0 Å².